The smallest absolute Gasteiger partial charge is 0.303 e. The third kappa shape index (κ3) is 35.6. The van der Waals surface area contributed by atoms with E-state index in [1.54, 1.807) is 58.0 Å². The number of nitrogens with two attached hydrogens (primary N) is 7. The summed E-state index contributed by atoms with van der Waals surface area (Å²) in [7, 11) is 0. The Balaban J connectivity index is 2.40. The van der Waals surface area contributed by atoms with E-state index in [9.17, 15) is 86.2 Å². The van der Waals surface area contributed by atoms with Crippen LogP contribution in [0.5, 0.6) is 0 Å². The lowest BCUT2D eigenvalue weighted by atomic mass is 9.96. The van der Waals surface area contributed by atoms with Gasteiger partial charge in [-0.1, -0.05) is 90.4 Å². The summed E-state index contributed by atoms with van der Waals surface area (Å²) < 4.78 is 14.4. The van der Waals surface area contributed by atoms with Gasteiger partial charge in [0.15, 0.2) is 5.96 Å². The second-order valence-electron chi connectivity index (χ2n) is 26.5. The van der Waals surface area contributed by atoms with Crippen molar-refractivity contribution in [1.82, 2.24) is 63.8 Å². The number of aliphatic imine (C=N–C) groups is 1. The van der Waals surface area contributed by atoms with Crippen molar-refractivity contribution in [1.29, 1.82) is 0 Å². The highest BCUT2D eigenvalue weighted by molar-refractivity contribution is 6.00. The predicted octanol–water partition coefficient (Wildman–Crippen LogP) is -5.15. The zero-order valence-electron chi connectivity index (χ0n) is 61.6. The van der Waals surface area contributed by atoms with Gasteiger partial charge in [0.05, 0.1) is 13.0 Å². The Morgan fingerprint density at radius 2 is 0.888 bits per heavy atom. The lowest BCUT2D eigenvalue weighted by molar-refractivity contribution is -0.139. The number of nitrogens with zero attached hydrogens (tertiary/aromatic N) is 1. The van der Waals surface area contributed by atoms with Crippen molar-refractivity contribution in [2.24, 2.45) is 62.9 Å². The Bertz CT molecular complexity index is 3400. The van der Waals surface area contributed by atoms with E-state index < -0.39 is 210 Å². The van der Waals surface area contributed by atoms with Gasteiger partial charge in [-0.05, 0) is 112 Å². The van der Waals surface area contributed by atoms with Gasteiger partial charge in [0.2, 0.25) is 88.6 Å². The highest BCUT2D eigenvalue weighted by Gasteiger charge is 2.38. The topological polar surface area (TPSA) is 632 Å². The summed E-state index contributed by atoms with van der Waals surface area (Å²) in [6, 6.07) is -2.68. The van der Waals surface area contributed by atoms with Gasteiger partial charge < -0.3 is 109 Å². The van der Waals surface area contributed by atoms with Crippen LogP contribution in [0.4, 0.5) is 4.39 Å². The number of carboxylic acids is 1. The van der Waals surface area contributed by atoms with E-state index in [4.69, 9.17) is 40.1 Å². The molecule has 0 radical (unpaired) electrons. The summed E-state index contributed by atoms with van der Waals surface area (Å²) in [5, 5.41) is 39.8. The molecule has 12 atom stereocenters. The van der Waals surface area contributed by atoms with Gasteiger partial charge in [0.25, 0.3) is 0 Å². The van der Waals surface area contributed by atoms with Crippen molar-refractivity contribution >= 4 is 101 Å². The van der Waals surface area contributed by atoms with Crippen molar-refractivity contribution in [3.8, 4) is 0 Å². The first-order valence-electron chi connectivity index (χ1n) is 35.3. The third-order valence-corrected chi connectivity index (χ3v) is 16.8. The van der Waals surface area contributed by atoms with E-state index in [1.807, 2.05) is 0 Å². The zero-order chi connectivity index (χ0) is 80.6. The molecule has 594 valence electrons. The number of rotatable bonds is 51. The fourth-order valence-corrected chi connectivity index (χ4v) is 10.7. The molecule has 0 aromatic heterocycles. The number of primary amides is 3. The number of hydrogen-bond acceptors (Lipinski definition) is 19. The van der Waals surface area contributed by atoms with Crippen molar-refractivity contribution < 1.29 is 86.2 Å². The highest BCUT2D eigenvalue weighted by Crippen LogP contribution is 2.16. The van der Waals surface area contributed by atoms with E-state index in [2.05, 4.69) is 68.8 Å². The number of unbranched alkanes of at least 4 members (excludes halogenated alkanes) is 1. The summed E-state index contributed by atoms with van der Waals surface area (Å²) in [6.07, 6.45) is -2.30. The van der Waals surface area contributed by atoms with Gasteiger partial charge in [-0.15, -0.1) is 0 Å². The molecule has 0 aliphatic carbocycles. The SMILES string of the molecule is CC[C@H](C)[C@H](NC(=O)[C@H](CCC(=O)O)NC(=O)[C@H](CCCCN)NC(=O)CNC(=O)[C@H](CC(N)=O)NC(=O)[C@@H](NC(=O)[C@H](CCCN)NC(=O)[C@@H](NC(=O)[C@H](Cc1ccccc1)NC(=O)[C@H](CCCN=C(N)N)NC(C)=O)C(C)C)C(C)C)C(=O)N[C@@H](Cc1cccc(F)c1)C(=O)N[C@@H](CCC(N)=O)C(N)=O. The van der Waals surface area contributed by atoms with Crippen molar-refractivity contribution in [2.75, 3.05) is 26.2 Å². The quantitative estimate of drug-likeness (QED) is 0.0167. The van der Waals surface area contributed by atoms with Gasteiger partial charge in [0, 0.05) is 39.2 Å². The molecule has 2 aromatic carbocycles. The van der Waals surface area contributed by atoms with E-state index in [0.29, 0.717) is 12.0 Å². The first-order chi connectivity index (χ1) is 50.4. The second kappa shape index (κ2) is 48.2. The molecule has 0 bridgehead atoms. The lowest BCUT2D eigenvalue weighted by Crippen LogP contribution is -2.61. The Labute approximate surface area is 620 Å². The third-order valence-electron chi connectivity index (χ3n) is 16.8. The normalized spacial score (nSPS) is 14.4. The van der Waals surface area contributed by atoms with Crippen LogP contribution in [-0.4, -0.2) is 198 Å². The number of aliphatic carboxylic acids is 1. The molecule has 38 heteroatoms. The van der Waals surface area contributed by atoms with Crippen LogP contribution < -0.4 is 104 Å². The fraction of sp³-hybridized carbons (Fsp3) is 0.580. The standard InChI is InChI=1S/C69H109FN20O17/c1-8-38(6)57(68(107)86-49(33-41-19-14-20-42(70)31-41)64(103)82-43(58(75)97)24-26-51(73)92)90-63(102)47(25-27-54(95)96)83-61(100)45(21-12-13-28-71)81-53(94)35-79-59(98)50(34-52(74)93)87-67(106)56(37(4)5)88-62(101)46(22-15-29-72)84-66(105)55(36(2)3)89-65(104)48(32-40-17-10-9-11-18-40)85-60(99)44(80-39(7)91)23-16-30-78-69(76)77/h9-11,14,17-20,31,36-38,43-50,55-57H,8,12-13,15-16,21-30,32-35,71-72H2,1-7H3,(H2,73,92)(H2,74,93)(H2,75,97)(H,79,98)(H,80,91)(H,81,94)(H,82,103)(H,83,100)(H,84,105)(H,85,99)(H,86,107)(H,87,106)(H,88,101)(H,89,104)(H,90,102)(H,95,96)(H4,76,77,78)/t38-,43-,44-,45-,46-,47-,48-,49-,50-,55-,56-,57-/m0/s1. The van der Waals surface area contributed by atoms with Crippen molar-refractivity contribution in [2.45, 2.75) is 211 Å². The molecule has 37 nitrogen and oxygen atoms in total. The van der Waals surface area contributed by atoms with E-state index in [0.717, 1.165) is 12.1 Å². The summed E-state index contributed by atoms with van der Waals surface area (Å²) in [4.78, 5) is 219. The largest absolute Gasteiger partial charge is 0.481 e. The number of carbonyl (C=O) groups is 16. The molecule has 0 heterocycles. The first kappa shape index (κ1) is 92.2. The molecule has 0 saturated heterocycles. The van der Waals surface area contributed by atoms with Crippen LogP contribution in [0.3, 0.4) is 0 Å². The first-order valence-corrected chi connectivity index (χ1v) is 35.3. The van der Waals surface area contributed by atoms with Crippen molar-refractivity contribution in [3.63, 3.8) is 0 Å². The molecule has 0 aliphatic heterocycles. The maximum Gasteiger partial charge on any atom is 0.303 e. The second-order valence-corrected chi connectivity index (χ2v) is 26.5. The number of carbonyl (C=O) groups excluding carboxylic acids is 15. The van der Waals surface area contributed by atoms with Gasteiger partial charge in [-0.3, -0.25) is 81.7 Å². The Morgan fingerprint density at radius 1 is 0.449 bits per heavy atom. The highest BCUT2D eigenvalue weighted by atomic mass is 19.1. The molecule has 0 fully saturated rings. The van der Waals surface area contributed by atoms with Crippen LogP contribution in [-0.2, 0) is 89.6 Å². The molecule has 0 saturated carbocycles. The van der Waals surface area contributed by atoms with Crippen LogP contribution >= 0.6 is 0 Å². The van der Waals surface area contributed by atoms with Crippen LogP contribution in [0.25, 0.3) is 0 Å². The Hall–Kier alpha value is -10.9. The number of halogens is 1. The van der Waals surface area contributed by atoms with E-state index >= 15 is 0 Å². The maximum absolute atomic E-state index is 14.4. The summed E-state index contributed by atoms with van der Waals surface area (Å²) in [5.41, 5.74) is 39.5. The lowest BCUT2D eigenvalue weighted by Gasteiger charge is -2.29. The molecule has 15 amide bonds. The molecule has 107 heavy (non-hydrogen) atoms. The maximum atomic E-state index is 14.4. The van der Waals surface area contributed by atoms with E-state index in [1.165, 1.54) is 32.9 Å². The molecular formula is C69H109FN20O17. The summed E-state index contributed by atoms with van der Waals surface area (Å²) in [5.74, 6) is -18.6. The van der Waals surface area contributed by atoms with Gasteiger partial charge in [-0.2, -0.15) is 0 Å². The molecule has 2 aromatic rings. The minimum atomic E-state index is -1.81. The number of carboxylic acid groups (broad SMARTS) is 1. The minimum absolute atomic E-state index is 0.0394. The molecular weight excluding hydrogens is 1400 g/mol. The molecule has 0 aliphatic rings. The predicted molar refractivity (Wildman–Crippen MR) is 389 cm³/mol. The summed E-state index contributed by atoms with van der Waals surface area (Å²) in [6.45, 7) is 10.1. The molecule has 0 unspecified atom stereocenters. The average Bonchev–Trinajstić information content (AvgIpc) is 0.850. The molecule has 2 rings (SSSR count). The summed E-state index contributed by atoms with van der Waals surface area (Å²) >= 11 is 0. The van der Waals surface area contributed by atoms with Crippen molar-refractivity contribution in [3.05, 3.63) is 71.5 Å². The van der Waals surface area contributed by atoms with Crippen LogP contribution in [0.1, 0.15) is 143 Å². The molecule has 0 spiro atoms. The molecule has 27 N–H and O–H groups in total. The van der Waals surface area contributed by atoms with Crippen LogP contribution in [0.2, 0.25) is 0 Å². The Kier molecular flexibility index (Phi) is 41.6. The number of guanidine groups is 1. The number of benzene rings is 2. The number of hydrogen-bond donors (Lipinski definition) is 20. The number of amides is 15. The van der Waals surface area contributed by atoms with E-state index in [-0.39, 0.29) is 102 Å². The average molecular weight is 1510 g/mol. The Morgan fingerprint density at radius 3 is 1.40 bits per heavy atom. The van der Waals surface area contributed by atoms with Gasteiger partial charge in [-0.25, -0.2) is 4.39 Å². The van der Waals surface area contributed by atoms with Gasteiger partial charge in [0.1, 0.15) is 72.3 Å². The van der Waals surface area contributed by atoms with Crippen LogP contribution in [0, 0.1) is 23.6 Å². The zero-order valence-corrected chi connectivity index (χ0v) is 61.6. The number of nitrogens with one attached hydrogen (secondary N) is 12. The minimum Gasteiger partial charge on any atom is -0.481 e. The monoisotopic (exact) mass is 1510 g/mol. The van der Waals surface area contributed by atoms with Crippen LogP contribution in [0.15, 0.2) is 59.6 Å². The van der Waals surface area contributed by atoms with Gasteiger partial charge >= 0.3 is 5.97 Å². The fourth-order valence-electron chi connectivity index (χ4n) is 10.7.